The molecule has 0 aliphatic rings. The van der Waals surface area contributed by atoms with Crippen LogP contribution in [0.1, 0.15) is 51.0 Å². The minimum atomic E-state index is -3.66. The predicted octanol–water partition coefficient (Wildman–Crippen LogP) is 5.43. The summed E-state index contributed by atoms with van der Waals surface area (Å²) in [6.45, 7) is 3.67. The van der Waals surface area contributed by atoms with Crippen molar-refractivity contribution in [3.63, 3.8) is 0 Å². The molecule has 0 N–H and O–H groups in total. The average molecular weight is 411 g/mol. The SMILES string of the molecule is CC(=O)SCC/C=C\CCCC/C=C\CCOS(=O)(=O)c1ccc(C)cc1. The fourth-order valence-electron chi connectivity index (χ4n) is 2.27. The van der Waals surface area contributed by atoms with Crippen LogP contribution < -0.4 is 0 Å². The zero-order valence-corrected chi connectivity index (χ0v) is 17.9. The molecule has 1 rings (SSSR count). The molecule has 150 valence electrons. The van der Waals surface area contributed by atoms with Crippen LogP contribution in [0, 0.1) is 6.92 Å². The van der Waals surface area contributed by atoms with Crippen LogP contribution in [0.4, 0.5) is 0 Å². The smallest absolute Gasteiger partial charge is 0.288 e. The standard InChI is InChI=1S/C21H30O4S2/c1-19-13-15-21(16-14-19)27(23,24)25-17-11-9-7-5-3-4-6-8-10-12-18-26-20(2)22/h7-10,13-16H,3-6,11-12,17-18H2,1-2H3/b9-7-,10-8-. The Labute approximate surface area is 168 Å². The van der Waals surface area contributed by atoms with Gasteiger partial charge in [-0.15, -0.1) is 0 Å². The summed E-state index contributed by atoms with van der Waals surface area (Å²) >= 11 is 1.37. The Kier molecular flexibility index (Phi) is 12.1. The first-order chi connectivity index (χ1) is 12.9. The maximum atomic E-state index is 12.0. The molecule has 0 aliphatic carbocycles. The number of unbranched alkanes of at least 4 members (excludes halogenated alkanes) is 3. The number of benzene rings is 1. The van der Waals surface area contributed by atoms with Crippen molar-refractivity contribution < 1.29 is 17.4 Å². The Morgan fingerprint density at radius 1 is 0.963 bits per heavy atom. The second-order valence-electron chi connectivity index (χ2n) is 6.23. The van der Waals surface area contributed by atoms with Crippen LogP contribution in [0.5, 0.6) is 0 Å². The summed E-state index contributed by atoms with van der Waals surface area (Å²) in [7, 11) is -3.66. The van der Waals surface area contributed by atoms with Gasteiger partial charge in [-0.3, -0.25) is 8.98 Å². The van der Waals surface area contributed by atoms with E-state index in [0.717, 1.165) is 43.4 Å². The van der Waals surface area contributed by atoms with E-state index >= 15 is 0 Å². The van der Waals surface area contributed by atoms with E-state index in [9.17, 15) is 13.2 Å². The highest BCUT2D eigenvalue weighted by atomic mass is 32.2. The number of rotatable bonds is 13. The summed E-state index contributed by atoms with van der Waals surface area (Å²) in [5.74, 6) is 0.857. The molecule has 27 heavy (non-hydrogen) atoms. The van der Waals surface area contributed by atoms with Gasteiger partial charge in [-0.05, 0) is 57.6 Å². The summed E-state index contributed by atoms with van der Waals surface area (Å²) in [6.07, 6.45) is 14.1. The highest BCUT2D eigenvalue weighted by Gasteiger charge is 2.13. The lowest BCUT2D eigenvalue weighted by Gasteiger charge is -2.04. The number of carbonyl (C=O) groups excluding carboxylic acids is 1. The van der Waals surface area contributed by atoms with Gasteiger partial charge in [-0.1, -0.05) is 53.8 Å². The van der Waals surface area contributed by atoms with Crippen LogP contribution in [0.15, 0.2) is 53.5 Å². The molecule has 6 heteroatoms. The van der Waals surface area contributed by atoms with Crippen LogP contribution >= 0.6 is 11.8 Å². The zero-order chi connectivity index (χ0) is 20.0. The Bertz CT molecular complexity index is 704. The van der Waals surface area contributed by atoms with Crippen molar-refractivity contribution in [1.29, 1.82) is 0 Å². The van der Waals surface area contributed by atoms with Gasteiger partial charge >= 0.3 is 0 Å². The summed E-state index contributed by atoms with van der Waals surface area (Å²) in [5, 5.41) is 0.174. The molecule has 0 atom stereocenters. The van der Waals surface area contributed by atoms with Gasteiger partial charge in [0, 0.05) is 12.7 Å². The van der Waals surface area contributed by atoms with E-state index in [0.29, 0.717) is 6.42 Å². The van der Waals surface area contributed by atoms with Crippen molar-refractivity contribution in [2.24, 2.45) is 0 Å². The molecule has 0 aliphatic heterocycles. The van der Waals surface area contributed by atoms with Crippen LogP contribution in [0.2, 0.25) is 0 Å². The third-order valence-electron chi connectivity index (χ3n) is 3.75. The van der Waals surface area contributed by atoms with E-state index in [2.05, 4.69) is 18.2 Å². The first-order valence-corrected chi connectivity index (χ1v) is 11.7. The Morgan fingerprint density at radius 2 is 1.52 bits per heavy atom. The zero-order valence-electron chi connectivity index (χ0n) is 16.2. The molecule has 1 aromatic carbocycles. The van der Waals surface area contributed by atoms with Crippen LogP contribution in [0.25, 0.3) is 0 Å². The Balaban J connectivity index is 2.05. The van der Waals surface area contributed by atoms with E-state index in [4.69, 9.17) is 4.18 Å². The molecule has 0 amide bonds. The first kappa shape index (κ1) is 23.7. The maximum Gasteiger partial charge on any atom is 0.296 e. The third kappa shape index (κ3) is 11.8. The molecule has 0 saturated heterocycles. The lowest BCUT2D eigenvalue weighted by molar-refractivity contribution is -0.109. The highest BCUT2D eigenvalue weighted by molar-refractivity contribution is 8.13. The highest BCUT2D eigenvalue weighted by Crippen LogP contribution is 2.13. The molecule has 0 fully saturated rings. The lowest BCUT2D eigenvalue weighted by atomic mass is 10.1. The molecule has 0 radical (unpaired) electrons. The first-order valence-electron chi connectivity index (χ1n) is 9.31. The van der Waals surface area contributed by atoms with Gasteiger partial charge in [0.15, 0.2) is 5.12 Å². The van der Waals surface area contributed by atoms with Gasteiger partial charge in [0.05, 0.1) is 11.5 Å². The Morgan fingerprint density at radius 3 is 2.11 bits per heavy atom. The molecule has 4 nitrogen and oxygen atoms in total. The molecular formula is C21H30O4S2. The van der Waals surface area contributed by atoms with Crippen molar-refractivity contribution in [2.45, 2.75) is 57.3 Å². The summed E-state index contributed by atoms with van der Waals surface area (Å²) in [6, 6.07) is 6.65. The molecule has 0 bridgehead atoms. The minimum Gasteiger partial charge on any atom is -0.288 e. The molecule has 0 heterocycles. The van der Waals surface area contributed by atoms with Gasteiger partial charge in [0.1, 0.15) is 0 Å². The van der Waals surface area contributed by atoms with Crippen LogP contribution in [0.3, 0.4) is 0 Å². The molecule has 0 spiro atoms. The molecule has 0 saturated carbocycles. The molecule has 0 unspecified atom stereocenters. The van der Waals surface area contributed by atoms with Gasteiger partial charge in [-0.25, -0.2) is 0 Å². The van der Waals surface area contributed by atoms with Crippen LogP contribution in [-0.2, 0) is 19.1 Å². The number of carbonyl (C=O) groups is 1. The van der Waals surface area contributed by atoms with Crippen LogP contribution in [-0.4, -0.2) is 25.9 Å². The van der Waals surface area contributed by atoms with Crippen molar-refractivity contribution in [3.05, 3.63) is 54.1 Å². The number of hydrogen-bond donors (Lipinski definition) is 0. The summed E-state index contributed by atoms with van der Waals surface area (Å²) in [5.41, 5.74) is 1.01. The number of aryl methyl sites for hydroxylation is 1. The monoisotopic (exact) mass is 410 g/mol. The van der Waals surface area contributed by atoms with Crippen molar-refractivity contribution in [3.8, 4) is 0 Å². The summed E-state index contributed by atoms with van der Waals surface area (Å²) < 4.78 is 29.1. The number of allylic oxidation sites excluding steroid dienone is 3. The van der Waals surface area contributed by atoms with E-state index in [1.807, 2.05) is 13.0 Å². The van der Waals surface area contributed by atoms with Crippen molar-refractivity contribution >= 4 is 27.0 Å². The third-order valence-corrected chi connectivity index (χ3v) is 5.92. The van der Waals surface area contributed by atoms with Gasteiger partial charge in [-0.2, -0.15) is 8.42 Å². The lowest BCUT2D eigenvalue weighted by Crippen LogP contribution is -2.07. The fraction of sp³-hybridized carbons (Fsp3) is 0.476. The normalized spacial score (nSPS) is 12.2. The van der Waals surface area contributed by atoms with E-state index in [1.54, 1.807) is 31.2 Å². The van der Waals surface area contributed by atoms with E-state index in [-0.39, 0.29) is 16.6 Å². The molecule has 0 aromatic heterocycles. The maximum absolute atomic E-state index is 12.0. The fourth-order valence-corrected chi connectivity index (χ4v) is 3.73. The van der Waals surface area contributed by atoms with E-state index in [1.165, 1.54) is 11.8 Å². The van der Waals surface area contributed by atoms with Gasteiger partial charge in [0.2, 0.25) is 0 Å². The van der Waals surface area contributed by atoms with E-state index < -0.39 is 10.1 Å². The van der Waals surface area contributed by atoms with Crippen molar-refractivity contribution in [1.82, 2.24) is 0 Å². The van der Waals surface area contributed by atoms with Gasteiger partial charge < -0.3 is 0 Å². The molecular weight excluding hydrogens is 380 g/mol. The second-order valence-corrected chi connectivity index (χ2v) is 9.12. The topological polar surface area (TPSA) is 60.4 Å². The number of hydrogen-bond acceptors (Lipinski definition) is 5. The second kappa shape index (κ2) is 13.7. The number of thioether (sulfide) groups is 1. The quantitative estimate of drug-likeness (QED) is 0.246. The van der Waals surface area contributed by atoms with Gasteiger partial charge in [0.25, 0.3) is 10.1 Å². The summed E-state index contributed by atoms with van der Waals surface area (Å²) in [4.78, 5) is 11.0. The predicted molar refractivity (Wildman–Crippen MR) is 113 cm³/mol. The average Bonchev–Trinajstić information content (AvgIpc) is 2.62. The Hall–Kier alpha value is -1.37. The molecule has 1 aromatic rings. The largest absolute Gasteiger partial charge is 0.296 e. The van der Waals surface area contributed by atoms with Crippen molar-refractivity contribution in [2.75, 3.05) is 12.4 Å². The minimum absolute atomic E-state index is 0.160.